The molecule has 3 aromatic rings. The number of aliphatic hydroxyl groups is 1. The van der Waals surface area contributed by atoms with Gasteiger partial charge in [0.05, 0.1) is 33.3 Å². The molecule has 33 heavy (non-hydrogen) atoms. The number of halogens is 3. The number of benzene rings is 1. The van der Waals surface area contributed by atoms with Gasteiger partial charge in [0.1, 0.15) is 11.9 Å². The Morgan fingerprint density at radius 1 is 1.33 bits per heavy atom. The first-order chi connectivity index (χ1) is 16.0. The maximum Gasteiger partial charge on any atom is 0.124 e. The summed E-state index contributed by atoms with van der Waals surface area (Å²) in [5.41, 5.74) is 3.03. The Morgan fingerprint density at radius 3 is 2.76 bits per heavy atom. The smallest absolute Gasteiger partial charge is 0.124 e. The standard InChI is InChI=1S/C22H21Cl2IN5O2P/c1-14(22-18(23)12-27-13-19(22)24)32-16-7-9-21-17(11-16)20(29-30(21)33-25)8-6-15(28-26-2)5-3-4-10-31/h3,5-9,11-14,31,33H,2,4,10H2,1H3/b5-3-,8-6+,28-15+. The van der Waals surface area contributed by atoms with Gasteiger partial charge in [-0.1, -0.05) is 29.3 Å². The second-order valence-electron chi connectivity index (χ2n) is 6.75. The van der Waals surface area contributed by atoms with Crippen LogP contribution in [-0.2, 0) is 0 Å². The number of nitrogens with zero attached hydrogens (tertiary/aromatic N) is 5. The Bertz CT molecular complexity index is 1210. The van der Waals surface area contributed by atoms with Gasteiger partial charge in [0, 0.05) is 36.7 Å². The van der Waals surface area contributed by atoms with Crippen LogP contribution in [-0.4, -0.2) is 38.7 Å². The Labute approximate surface area is 216 Å². The van der Waals surface area contributed by atoms with Gasteiger partial charge in [0.25, 0.3) is 0 Å². The number of pyridine rings is 1. The van der Waals surface area contributed by atoms with E-state index in [9.17, 15) is 0 Å². The van der Waals surface area contributed by atoms with Crippen LogP contribution in [0, 0.1) is 0 Å². The zero-order valence-corrected chi connectivity index (χ0v) is 22.3. The van der Waals surface area contributed by atoms with Crippen molar-refractivity contribution in [2.75, 3.05) is 6.61 Å². The van der Waals surface area contributed by atoms with Gasteiger partial charge >= 0.3 is 0 Å². The summed E-state index contributed by atoms with van der Waals surface area (Å²) in [6.45, 7) is 5.37. The lowest BCUT2D eigenvalue weighted by atomic mass is 10.1. The van der Waals surface area contributed by atoms with Crippen molar-refractivity contribution in [3.63, 3.8) is 0 Å². The third-order valence-electron chi connectivity index (χ3n) is 4.55. The zero-order chi connectivity index (χ0) is 23.8. The average Bonchev–Trinajstić information content (AvgIpc) is 3.14. The van der Waals surface area contributed by atoms with Crippen LogP contribution in [0.3, 0.4) is 0 Å². The van der Waals surface area contributed by atoms with Crippen molar-refractivity contribution < 1.29 is 9.84 Å². The molecule has 2 heterocycles. The van der Waals surface area contributed by atoms with Gasteiger partial charge in [-0.25, -0.2) is 4.45 Å². The highest BCUT2D eigenvalue weighted by molar-refractivity contribution is 14.2. The summed E-state index contributed by atoms with van der Waals surface area (Å²) in [6, 6.07) is 5.82. The van der Waals surface area contributed by atoms with Crippen molar-refractivity contribution in [2.45, 2.75) is 19.4 Å². The molecule has 2 unspecified atom stereocenters. The van der Waals surface area contributed by atoms with Crippen molar-refractivity contribution in [1.82, 2.24) is 14.5 Å². The number of hydrogen-bond donors (Lipinski definition) is 1. The van der Waals surface area contributed by atoms with Gasteiger partial charge < -0.3 is 9.84 Å². The van der Waals surface area contributed by atoms with Crippen LogP contribution >= 0.6 is 51.6 Å². The quantitative estimate of drug-likeness (QED) is 0.119. The second kappa shape index (κ2) is 12.6. The zero-order valence-electron chi connectivity index (χ0n) is 17.6. The van der Waals surface area contributed by atoms with E-state index in [0.717, 1.165) is 16.6 Å². The molecule has 0 amide bonds. The van der Waals surface area contributed by atoms with Crippen molar-refractivity contribution >= 4 is 81.0 Å². The van der Waals surface area contributed by atoms with Crippen LogP contribution in [0.1, 0.15) is 30.7 Å². The lowest BCUT2D eigenvalue weighted by molar-refractivity contribution is 0.227. The summed E-state index contributed by atoms with van der Waals surface area (Å²) in [7, 11) is 0. The molecule has 7 nitrogen and oxygen atoms in total. The van der Waals surface area contributed by atoms with Crippen LogP contribution in [0.15, 0.2) is 59.0 Å². The fourth-order valence-electron chi connectivity index (χ4n) is 3.10. The van der Waals surface area contributed by atoms with Gasteiger partial charge in [-0.3, -0.25) is 4.98 Å². The number of allylic oxidation sites excluding steroid dienone is 2. The minimum absolute atomic E-state index is 0.0672. The van der Waals surface area contributed by atoms with E-state index in [1.807, 2.05) is 41.7 Å². The van der Waals surface area contributed by atoms with Crippen LogP contribution < -0.4 is 4.74 Å². The molecule has 1 N–H and O–H groups in total. The van der Waals surface area contributed by atoms with Gasteiger partial charge in [0.15, 0.2) is 0 Å². The molecule has 0 aliphatic rings. The molecule has 11 heteroatoms. The average molecular weight is 616 g/mol. The maximum atomic E-state index is 8.97. The molecule has 0 saturated heterocycles. The predicted molar refractivity (Wildman–Crippen MR) is 148 cm³/mol. The molecule has 2 atom stereocenters. The van der Waals surface area contributed by atoms with E-state index in [4.69, 9.17) is 38.1 Å². The van der Waals surface area contributed by atoms with E-state index in [-0.39, 0.29) is 12.7 Å². The van der Waals surface area contributed by atoms with Gasteiger partial charge in [-0.2, -0.15) is 15.3 Å². The first kappa shape index (κ1) is 25.8. The Kier molecular flexibility index (Phi) is 9.82. The number of hydrogen-bond acceptors (Lipinski definition) is 6. The van der Waals surface area contributed by atoms with Crippen LogP contribution in [0.4, 0.5) is 0 Å². The van der Waals surface area contributed by atoms with Crippen molar-refractivity contribution in [2.24, 2.45) is 10.2 Å². The summed E-state index contributed by atoms with van der Waals surface area (Å²) in [5, 5.41) is 23.1. The summed E-state index contributed by atoms with van der Waals surface area (Å²) >= 11 is 14.9. The lowest BCUT2D eigenvalue weighted by Gasteiger charge is -2.17. The molecule has 0 saturated carbocycles. The highest BCUT2D eigenvalue weighted by Gasteiger charge is 2.17. The first-order valence-corrected chi connectivity index (χ1v) is 14.6. The third kappa shape index (κ3) is 6.61. The number of fused-ring (bicyclic) bond motifs is 1. The molecule has 0 radical (unpaired) electrons. The molecule has 1 aromatic carbocycles. The summed E-state index contributed by atoms with van der Waals surface area (Å²) in [5.74, 6) is 0.662. The molecule has 0 fully saturated rings. The molecule has 0 spiro atoms. The summed E-state index contributed by atoms with van der Waals surface area (Å²) in [4.78, 5) is 3.99. The number of rotatable bonds is 10. The third-order valence-corrected chi connectivity index (χ3v) is 7.03. The fourth-order valence-corrected chi connectivity index (χ4v) is 5.31. The first-order valence-electron chi connectivity index (χ1n) is 9.82. The van der Waals surface area contributed by atoms with E-state index >= 15 is 0 Å². The van der Waals surface area contributed by atoms with Gasteiger partial charge in [0.2, 0.25) is 0 Å². The Balaban J connectivity index is 1.94. The minimum atomic E-state index is -0.375. The molecule has 0 aliphatic carbocycles. The van der Waals surface area contributed by atoms with E-state index in [1.165, 1.54) is 0 Å². The summed E-state index contributed by atoms with van der Waals surface area (Å²) < 4.78 is 8.09. The molecular weight excluding hydrogens is 595 g/mol. The SMILES string of the molecule is C=N/N=C(\C=C/CCO)/C=C/c1nn(PI)c2ccc(OC(C)c3c(Cl)cncc3Cl)cc12. The van der Waals surface area contributed by atoms with E-state index < -0.39 is 0 Å². The normalized spacial score (nSPS) is 13.7. The Hall–Kier alpha value is -1.84. The molecule has 2 aromatic heterocycles. The van der Waals surface area contributed by atoms with Crippen LogP contribution in [0.2, 0.25) is 10.0 Å². The predicted octanol–water partition coefficient (Wildman–Crippen LogP) is 6.68. The van der Waals surface area contributed by atoms with Gasteiger partial charge in [-0.15, -0.1) is 0 Å². The van der Waals surface area contributed by atoms with Crippen molar-refractivity contribution in [3.8, 4) is 5.75 Å². The second-order valence-corrected chi connectivity index (χ2v) is 9.61. The number of ether oxygens (including phenoxy) is 1. The van der Waals surface area contributed by atoms with E-state index in [1.54, 1.807) is 24.5 Å². The van der Waals surface area contributed by atoms with Crippen LogP contribution in [0.25, 0.3) is 17.0 Å². The topological polar surface area (TPSA) is 84.9 Å². The van der Waals surface area contributed by atoms with Crippen molar-refractivity contribution in [1.29, 1.82) is 0 Å². The lowest BCUT2D eigenvalue weighted by Crippen LogP contribution is -2.05. The van der Waals surface area contributed by atoms with E-state index in [2.05, 4.69) is 43.9 Å². The van der Waals surface area contributed by atoms with E-state index in [0.29, 0.717) is 39.9 Å². The monoisotopic (exact) mass is 615 g/mol. The summed E-state index contributed by atoms with van der Waals surface area (Å²) in [6.07, 6.45) is 10.9. The highest BCUT2D eigenvalue weighted by atomic mass is 127. The van der Waals surface area contributed by atoms with Crippen molar-refractivity contribution in [3.05, 3.63) is 70.1 Å². The molecule has 0 bridgehead atoms. The largest absolute Gasteiger partial charge is 0.486 e. The Morgan fingerprint density at radius 2 is 2.09 bits per heavy atom. The molecular formula is C22H21Cl2IN5O2P. The maximum absolute atomic E-state index is 8.97. The molecule has 3 rings (SSSR count). The highest BCUT2D eigenvalue weighted by Crippen LogP contribution is 2.36. The fraction of sp³-hybridized carbons (Fsp3) is 0.182. The number of aliphatic hydroxyl groups excluding tert-OH is 1. The van der Waals surface area contributed by atoms with Gasteiger partial charge in [-0.05, 0) is 71.8 Å². The molecule has 172 valence electrons. The van der Waals surface area contributed by atoms with Crippen LogP contribution in [0.5, 0.6) is 5.75 Å². The number of aromatic nitrogens is 3. The minimum Gasteiger partial charge on any atom is -0.486 e. The molecule has 0 aliphatic heterocycles.